The van der Waals surface area contributed by atoms with Crippen LogP contribution in [0.1, 0.15) is 46.5 Å². The first kappa shape index (κ1) is 15.5. The van der Waals surface area contributed by atoms with Crippen molar-refractivity contribution in [1.29, 1.82) is 0 Å². The molecule has 16 heavy (non-hydrogen) atoms. The zero-order valence-corrected chi connectivity index (χ0v) is 11.3. The largest absolute Gasteiger partial charge is 0.543 e. The van der Waals surface area contributed by atoms with E-state index in [1.54, 1.807) is 0 Å². The molecule has 0 heterocycles. The number of nitrogens with zero attached hydrogens (tertiary/aromatic N) is 1. The Morgan fingerprint density at radius 1 is 1.25 bits per heavy atom. The van der Waals surface area contributed by atoms with E-state index < -0.39 is 0 Å². The van der Waals surface area contributed by atoms with Crippen LogP contribution < -0.4 is 0 Å². The van der Waals surface area contributed by atoms with Gasteiger partial charge in [-0.1, -0.05) is 33.6 Å². The van der Waals surface area contributed by atoms with E-state index in [0.29, 0.717) is 0 Å². The molecule has 0 aromatic heterocycles. The van der Waals surface area contributed by atoms with Gasteiger partial charge in [-0.05, 0) is 32.5 Å². The summed E-state index contributed by atoms with van der Waals surface area (Å²) in [4.78, 5) is 13.9. The quantitative estimate of drug-likeness (QED) is 0.560. The molecule has 0 N–H and O–H groups in total. The second-order valence-electron chi connectivity index (χ2n) is 4.18. The molecule has 1 unspecified atom stereocenters. The minimum atomic E-state index is -0.0411. The van der Waals surface area contributed by atoms with E-state index in [-0.39, 0.29) is 11.9 Å². The number of unbranched alkanes of at least 4 members (excludes halogenated alkanes) is 1. The molecule has 0 aromatic carbocycles. The van der Waals surface area contributed by atoms with Crippen molar-refractivity contribution in [2.75, 3.05) is 19.6 Å². The normalized spacial score (nSPS) is 12.8. The second-order valence-corrected chi connectivity index (χ2v) is 4.18. The summed E-state index contributed by atoms with van der Waals surface area (Å²) in [6.07, 6.45) is 4.13. The van der Waals surface area contributed by atoms with Crippen LogP contribution in [0, 0.1) is 5.92 Å². The number of hydrogen-bond donors (Lipinski definition) is 0. The van der Waals surface area contributed by atoms with E-state index in [2.05, 4.69) is 25.7 Å². The fraction of sp³-hybridized carbons (Fsp3) is 0.917. The van der Waals surface area contributed by atoms with Gasteiger partial charge in [-0.3, -0.25) is 4.79 Å². The van der Waals surface area contributed by atoms with Gasteiger partial charge in [-0.2, -0.15) is 0 Å². The van der Waals surface area contributed by atoms with Crippen molar-refractivity contribution in [3.63, 3.8) is 0 Å². The molecule has 0 radical (unpaired) electrons. The Morgan fingerprint density at radius 2 is 1.88 bits per heavy atom. The minimum absolute atomic E-state index is 0.0411. The van der Waals surface area contributed by atoms with E-state index in [9.17, 15) is 4.79 Å². The maximum Gasteiger partial charge on any atom is 0.325 e. The lowest BCUT2D eigenvalue weighted by Gasteiger charge is -2.21. The van der Waals surface area contributed by atoms with Gasteiger partial charge >= 0.3 is 8.05 Å². The molecule has 94 valence electrons. The molecule has 0 aliphatic carbocycles. The molecule has 0 rings (SSSR count). The monoisotopic (exact) mass is 227 g/mol. The highest BCUT2D eigenvalue weighted by molar-refractivity contribution is 6.05. The summed E-state index contributed by atoms with van der Waals surface area (Å²) in [5.41, 5.74) is 0. The Balaban J connectivity index is 4.04. The molecule has 0 saturated carbocycles. The lowest BCUT2D eigenvalue weighted by atomic mass is 9.98. The SMILES string of the molecule is BOC(=O)C(CCCC)CCN(CC)CC. The van der Waals surface area contributed by atoms with Crippen LogP contribution in [0.15, 0.2) is 0 Å². The zero-order valence-electron chi connectivity index (χ0n) is 11.3. The average Bonchev–Trinajstić information content (AvgIpc) is 2.33. The van der Waals surface area contributed by atoms with Gasteiger partial charge in [0.05, 0.1) is 5.92 Å². The Bertz CT molecular complexity index is 184. The van der Waals surface area contributed by atoms with Gasteiger partial charge in [-0.25, -0.2) is 0 Å². The third kappa shape index (κ3) is 6.16. The smallest absolute Gasteiger partial charge is 0.325 e. The topological polar surface area (TPSA) is 29.5 Å². The Labute approximate surface area is 101 Å². The van der Waals surface area contributed by atoms with E-state index in [1.165, 1.54) is 8.05 Å². The third-order valence-corrected chi connectivity index (χ3v) is 3.13. The van der Waals surface area contributed by atoms with Crippen LogP contribution in [0.2, 0.25) is 0 Å². The van der Waals surface area contributed by atoms with Crippen molar-refractivity contribution in [2.24, 2.45) is 5.92 Å². The maximum atomic E-state index is 11.6. The van der Waals surface area contributed by atoms with Crippen LogP contribution in [0.4, 0.5) is 0 Å². The molecule has 0 saturated heterocycles. The van der Waals surface area contributed by atoms with Crippen LogP contribution >= 0.6 is 0 Å². The van der Waals surface area contributed by atoms with Crippen molar-refractivity contribution >= 4 is 14.0 Å². The van der Waals surface area contributed by atoms with Gasteiger partial charge in [-0.15, -0.1) is 0 Å². The first-order chi connectivity index (χ1) is 7.69. The lowest BCUT2D eigenvalue weighted by molar-refractivity contribution is -0.139. The molecule has 0 aliphatic heterocycles. The molecule has 0 bridgehead atoms. The molecule has 3 nitrogen and oxygen atoms in total. The minimum Gasteiger partial charge on any atom is -0.543 e. The summed E-state index contributed by atoms with van der Waals surface area (Å²) in [5, 5.41) is 0. The first-order valence-corrected chi connectivity index (χ1v) is 6.49. The van der Waals surface area contributed by atoms with Crippen molar-refractivity contribution < 1.29 is 9.45 Å². The predicted molar refractivity (Wildman–Crippen MR) is 70.1 cm³/mol. The van der Waals surface area contributed by atoms with Gasteiger partial charge in [0, 0.05) is 0 Å². The van der Waals surface area contributed by atoms with Crippen LogP contribution in [0.5, 0.6) is 0 Å². The highest BCUT2D eigenvalue weighted by Crippen LogP contribution is 2.15. The number of carbonyl (C=O) groups is 1. The number of carbonyl (C=O) groups excluding carboxylic acids is 1. The van der Waals surface area contributed by atoms with Gasteiger partial charge in [0.2, 0.25) is 0 Å². The van der Waals surface area contributed by atoms with Crippen molar-refractivity contribution in [1.82, 2.24) is 4.90 Å². The summed E-state index contributed by atoms with van der Waals surface area (Å²) in [6.45, 7) is 9.57. The van der Waals surface area contributed by atoms with Gasteiger partial charge in [0.25, 0.3) is 5.97 Å². The van der Waals surface area contributed by atoms with Gasteiger partial charge < -0.3 is 9.55 Å². The zero-order chi connectivity index (χ0) is 12.4. The van der Waals surface area contributed by atoms with Crippen LogP contribution in [-0.2, 0) is 9.45 Å². The van der Waals surface area contributed by atoms with Crippen molar-refractivity contribution in [2.45, 2.75) is 46.5 Å². The van der Waals surface area contributed by atoms with Crippen molar-refractivity contribution in [3.8, 4) is 0 Å². The second kappa shape index (κ2) is 9.70. The molecule has 0 aliphatic rings. The Hall–Kier alpha value is -0.505. The van der Waals surface area contributed by atoms with E-state index >= 15 is 0 Å². The molecule has 0 amide bonds. The summed E-state index contributed by atoms with van der Waals surface area (Å²) in [7, 11) is 1.48. The Morgan fingerprint density at radius 3 is 2.31 bits per heavy atom. The van der Waals surface area contributed by atoms with E-state index in [4.69, 9.17) is 4.65 Å². The van der Waals surface area contributed by atoms with E-state index in [0.717, 1.165) is 45.3 Å². The summed E-state index contributed by atoms with van der Waals surface area (Å²) in [6, 6.07) is 0. The predicted octanol–water partition coefficient (Wildman–Crippen LogP) is 1.62. The fourth-order valence-corrected chi connectivity index (χ4v) is 1.88. The maximum absolute atomic E-state index is 11.6. The average molecular weight is 227 g/mol. The third-order valence-electron chi connectivity index (χ3n) is 3.13. The molecule has 0 aromatic rings. The summed E-state index contributed by atoms with van der Waals surface area (Å²) in [5.74, 6) is 0.0474. The highest BCUT2D eigenvalue weighted by atomic mass is 16.5. The van der Waals surface area contributed by atoms with Crippen LogP contribution in [0.25, 0.3) is 0 Å². The molecule has 4 heteroatoms. The first-order valence-electron chi connectivity index (χ1n) is 6.49. The lowest BCUT2D eigenvalue weighted by Crippen LogP contribution is -2.28. The fourth-order valence-electron chi connectivity index (χ4n) is 1.88. The highest BCUT2D eigenvalue weighted by Gasteiger charge is 2.18. The summed E-state index contributed by atoms with van der Waals surface area (Å²) >= 11 is 0. The molecule has 0 fully saturated rings. The van der Waals surface area contributed by atoms with E-state index in [1.807, 2.05) is 0 Å². The molecule has 1 atom stereocenters. The van der Waals surface area contributed by atoms with Crippen LogP contribution in [-0.4, -0.2) is 38.6 Å². The Kier molecular flexibility index (Phi) is 9.40. The van der Waals surface area contributed by atoms with Crippen molar-refractivity contribution in [3.05, 3.63) is 0 Å². The molecular formula is C12H26BNO2. The number of hydrogen-bond acceptors (Lipinski definition) is 3. The van der Waals surface area contributed by atoms with Gasteiger partial charge in [0.15, 0.2) is 0 Å². The van der Waals surface area contributed by atoms with Crippen LogP contribution in [0.3, 0.4) is 0 Å². The summed E-state index contributed by atoms with van der Waals surface area (Å²) < 4.78 is 4.85. The standard InChI is InChI=1S/C12H26BNO2/c1-4-7-8-11(12(15)16-13)9-10-14(5-2)6-3/h11H,4-10,13H2,1-3H3. The molecule has 0 spiro atoms. The number of rotatable bonds is 9. The van der Waals surface area contributed by atoms with Gasteiger partial charge in [0.1, 0.15) is 0 Å². The molecular weight excluding hydrogens is 201 g/mol.